The number of benzene rings is 1. The van der Waals surface area contributed by atoms with Crippen molar-refractivity contribution < 1.29 is 9.90 Å². The molecule has 94 valence electrons. The fourth-order valence-corrected chi connectivity index (χ4v) is 1.57. The largest absolute Gasteiger partial charge is 0.389 e. The molecular weight excluding hydrogens is 238 g/mol. The number of aryl methyl sites for hydroxylation is 1. The Hall–Kier alpha value is -1.06. The number of carbonyl (C=O) groups is 1. The van der Waals surface area contributed by atoms with E-state index in [0.717, 1.165) is 5.56 Å². The van der Waals surface area contributed by atoms with Crippen molar-refractivity contribution >= 4 is 17.5 Å². The first-order valence-corrected chi connectivity index (χ1v) is 5.98. The van der Waals surface area contributed by atoms with Gasteiger partial charge in [-0.3, -0.25) is 4.79 Å². The highest BCUT2D eigenvalue weighted by Gasteiger charge is 2.13. The Kier molecular flexibility index (Phi) is 4.97. The van der Waals surface area contributed by atoms with E-state index in [4.69, 9.17) is 11.6 Å². The van der Waals surface area contributed by atoms with Gasteiger partial charge in [0, 0.05) is 18.0 Å². The minimum absolute atomic E-state index is 0.0629. The van der Waals surface area contributed by atoms with Gasteiger partial charge in [-0.25, -0.2) is 0 Å². The number of amides is 1. The van der Waals surface area contributed by atoms with Gasteiger partial charge in [0.15, 0.2) is 0 Å². The summed E-state index contributed by atoms with van der Waals surface area (Å²) in [6.45, 7) is 3.58. The molecule has 4 heteroatoms. The van der Waals surface area contributed by atoms with Crippen LogP contribution in [-0.4, -0.2) is 23.2 Å². The summed E-state index contributed by atoms with van der Waals surface area (Å²) < 4.78 is 0. The molecule has 0 aliphatic heterocycles. The minimum atomic E-state index is -0.869. The van der Waals surface area contributed by atoms with Gasteiger partial charge >= 0.3 is 0 Å². The fraction of sp³-hybridized carbons (Fsp3) is 0.462. The van der Waals surface area contributed by atoms with E-state index in [2.05, 4.69) is 5.32 Å². The molecule has 0 aromatic heterocycles. The maximum Gasteiger partial charge on any atom is 0.220 e. The predicted molar refractivity (Wildman–Crippen MR) is 69.1 cm³/mol. The normalized spacial score (nSPS) is 11.3. The standard InChI is InChI=1S/C13H18ClNO2/c1-13(2,17)9-15-12(16)7-6-10-4-3-5-11(14)8-10/h3-5,8,17H,6-7,9H2,1-2H3,(H,15,16). The summed E-state index contributed by atoms with van der Waals surface area (Å²) in [4.78, 5) is 11.5. The number of nitrogens with one attached hydrogen (secondary N) is 1. The quantitative estimate of drug-likeness (QED) is 0.847. The van der Waals surface area contributed by atoms with Crippen LogP contribution in [-0.2, 0) is 11.2 Å². The smallest absolute Gasteiger partial charge is 0.220 e. The average Bonchev–Trinajstić information content (AvgIpc) is 2.23. The van der Waals surface area contributed by atoms with E-state index < -0.39 is 5.60 Å². The van der Waals surface area contributed by atoms with E-state index in [1.165, 1.54) is 0 Å². The summed E-state index contributed by atoms with van der Waals surface area (Å²) in [5, 5.41) is 12.8. The number of aliphatic hydroxyl groups is 1. The van der Waals surface area contributed by atoms with Crippen molar-refractivity contribution in [2.75, 3.05) is 6.54 Å². The second kappa shape index (κ2) is 6.03. The third-order valence-corrected chi connectivity index (χ3v) is 2.48. The van der Waals surface area contributed by atoms with Gasteiger partial charge in [0.25, 0.3) is 0 Å². The lowest BCUT2D eigenvalue weighted by Crippen LogP contribution is -2.38. The molecule has 0 radical (unpaired) electrons. The number of halogens is 1. The summed E-state index contributed by atoms with van der Waals surface area (Å²) in [6.07, 6.45) is 1.05. The van der Waals surface area contributed by atoms with Crippen LogP contribution >= 0.6 is 11.6 Å². The first kappa shape index (κ1) is 14.0. The van der Waals surface area contributed by atoms with Crippen molar-refractivity contribution in [1.82, 2.24) is 5.32 Å². The van der Waals surface area contributed by atoms with E-state index >= 15 is 0 Å². The van der Waals surface area contributed by atoms with Gasteiger partial charge in [0.1, 0.15) is 0 Å². The van der Waals surface area contributed by atoms with E-state index in [-0.39, 0.29) is 12.5 Å². The van der Waals surface area contributed by atoms with Gasteiger partial charge in [-0.05, 0) is 38.0 Å². The molecule has 0 unspecified atom stereocenters. The van der Waals surface area contributed by atoms with Crippen molar-refractivity contribution in [3.05, 3.63) is 34.9 Å². The molecule has 1 aromatic carbocycles. The second-order valence-electron chi connectivity index (χ2n) is 4.72. The third-order valence-electron chi connectivity index (χ3n) is 2.25. The molecule has 1 rings (SSSR count). The van der Waals surface area contributed by atoms with E-state index in [1.54, 1.807) is 19.9 Å². The zero-order chi connectivity index (χ0) is 12.9. The van der Waals surface area contributed by atoms with Crippen LogP contribution < -0.4 is 5.32 Å². The summed E-state index contributed by atoms with van der Waals surface area (Å²) in [6, 6.07) is 7.46. The Labute approximate surface area is 107 Å². The summed E-state index contributed by atoms with van der Waals surface area (Å²) in [5.74, 6) is -0.0629. The molecule has 0 heterocycles. The molecule has 0 saturated carbocycles. The highest BCUT2D eigenvalue weighted by molar-refractivity contribution is 6.30. The van der Waals surface area contributed by atoms with Crippen LogP contribution in [0.5, 0.6) is 0 Å². The topological polar surface area (TPSA) is 49.3 Å². The highest BCUT2D eigenvalue weighted by atomic mass is 35.5. The summed E-state index contributed by atoms with van der Waals surface area (Å²) in [7, 11) is 0. The summed E-state index contributed by atoms with van der Waals surface area (Å²) >= 11 is 5.85. The molecule has 0 fully saturated rings. The lowest BCUT2D eigenvalue weighted by molar-refractivity contribution is -0.122. The molecule has 2 N–H and O–H groups in total. The van der Waals surface area contributed by atoms with Gasteiger partial charge in [0.05, 0.1) is 5.60 Å². The van der Waals surface area contributed by atoms with E-state index in [9.17, 15) is 9.90 Å². The fourth-order valence-electron chi connectivity index (χ4n) is 1.35. The van der Waals surface area contributed by atoms with Gasteiger partial charge in [0.2, 0.25) is 5.91 Å². The second-order valence-corrected chi connectivity index (χ2v) is 5.16. The molecule has 3 nitrogen and oxygen atoms in total. The number of rotatable bonds is 5. The van der Waals surface area contributed by atoms with Crippen LogP contribution in [0.25, 0.3) is 0 Å². The molecule has 0 aliphatic rings. The van der Waals surface area contributed by atoms with Gasteiger partial charge in [-0.2, -0.15) is 0 Å². The zero-order valence-corrected chi connectivity index (χ0v) is 10.9. The van der Waals surface area contributed by atoms with E-state index in [0.29, 0.717) is 17.9 Å². The van der Waals surface area contributed by atoms with Gasteiger partial charge in [-0.1, -0.05) is 23.7 Å². The lowest BCUT2D eigenvalue weighted by Gasteiger charge is -2.17. The first-order valence-electron chi connectivity index (χ1n) is 5.60. The molecule has 1 aromatic rings. The maximum absolute atomic E-state index is 11.5. The summed E-state index contributed by atoms with van der Waals surface area (Å²) in [5.41, 5.74) is 0.169. The number of carbonyl (C=O) groups excluding carboxylic acids is 1. The molecule has 0 aliphatic carbocycles. The van der Waals surface area contributed by atoms with Crippen LogP contribution in [0.3, 0.4) is 0 Å². The van der Waals surface area contributed by atoms with Gasteiger partial charge < -0.3 is 10.4 Å². The molecule has 0 saturated heterocycles. The molecule has 0 spiro atoms. The van der Waals surface area contributed by atoms with Crippen LogP contribution in [0.1, 0.15) is 25.8 Å². The Bertz CT molecular complexity index is 385. The maximum atomic E-state index is 11.5. The van der Waals surface area contributed by atoms with E-state index in [1.807, 2.05) is 18.2 Å². The Morgan fingerprint density at radius 3 is 2.76 bits per heavy atom. The van der Waals surface area contributed by atoms with Crippen molar-refractivity contribution in [3.63, 3.8) is 0 Å². The molecule has 17 heavy (non-hydrogen) atoms. The molecule has 0 bridgehead atoms. The predicted octanol–water partition coefficient (Wildman–Crippen LogP) is 2.16. The number of hydrogen-bond acceptors (Lipinski definition) is 2. The third kappa shape index (κ3) is 6.29. The first-order chi connectivity index (χ1) is 7.87. The zero-order valence-electron chi connectivity index (χ0n) is 10.2. The van der Waals surface area contributed by atoms with Crippen molar-refractivity contribution in [3.8, 4) is 0 Å². The van der Waals surface area contributed by atoms with Gasteiger partial charge in [-0.15, -0.1) is 0 Å². The molecule has 0 atom stereocenters. The molecular formula is C13H18ClNO2. The van der Waals surface area contributed by atoms with Crippen LogP contribution in [0, 0.1) is 0 Å². The average molecular weight is 256 g/mol. The SMILES string of the molecule is CC(C)(O)CNC(=O)CCc1cccc(Cl)c1. The number of hydrogen-bond donors (Lipinski definition) is 2. The lowest BCUT2D eigenvalue weighted by atomic mass is 10.1. The minimum Gasteiger partial charge on any atom is -0.389 e. The van der Waals surface area contributed by atoms with Crippen molar-refractivity contribution in [1.29, 1.82) is 0 Å². The van der Waals surface area contributed by atoms with Crippen LogP contribution in [0.15, 0.2) is 24.3 Å². The van der Waals surface area contributed by atoms with Crippen molar-refractivity contribution in [2.45, 2.75) is 32.3 Å². The Morgan fingerprint density at radius 2 is 2.18 bits per heavy atom. The monoisotopic (exact) mass is 255 g/mol. The van der Waals surface area contributed by atoms with Crippen molar-refractivity contribution in [2.24, 2.45) is 0 Å². The highest BCUT2D eigenvalue weighted by Crippen LogP contribution is 2.12. The van der Waals surface area contributed by atoms with Crippen LogP contribution in [0.2, 0.25) is 5.02 Å². The Morgan fingerprint density at radius 1 is 1.47 bits per heavy atom. The molecule has 1 amide bonds. The van der Waals surface area contributed by atoms with Crippen LogP contribution in [0.4, 0.5) is 0 Å². The Balaban J connectivity index is 2.33.